The zero-order chi connectivity index (χ0) is 24.0. The van der Waals surface area contributed by atoms with E-state index < -0.39 is 0 Å². The minimum absolute atomic E-state index is 0.110. The lowest BCUT2D eigenvalue weighted by Gasteiger charge is -2.21. The molecule has 2 aromatic heterocycles. The van der Waals surface area contributed by atoms with Crippen LogP contribution in [0.25, 0.3) is 11.4 Å². The number of ether oxygens (including phenoxy) is 2. The molecule has 3 rings (SSSR count). The third-order valence-corrected chi connectivity index (χ3v) is 5.34. The molecule has 0 unspecified atom stereocenters. The highest BCUT2D eigenvalue weighted by atomic mass is 79.9. The van der Waals surface area contributed by atoms with Crippen LogP contribution in [0.15, 0.2) is 41.1 Å². The van der Waals surface area contributed by atoms with Crippen LogP contribution in [-0.2, 0) is 11.3 Å². The van der Waals surface area contributed by atoms with Crippen molar-refractivity contribution in [3.05, 3.63) is 51.5 Å². The number of halogens is 1. The number of nitrogens with zero attached hydrogens (tertiary/aromatic N) is 3. The Morgan fingerprint density at radius 3 is 2.58 bits per heavy atom. The lowest BCUT2D eigenvalue weighted by Crippen LogP contribution is -2.43. The Balaban J connectivity index is 1.77. The van der Waals surface area contributed by atoms with E-state index in [4.69, 9.17) is 21.7 Å². The molecule has 0 radical (unpaired) electrons. The van der Waals surface area contributed by atoms with E-state index in [9.17, 15) is 4.79 Å². The van der Waals surface area contributed by atoms with Gasteiger partial charge < -0.3 is 20.2 Å². The lowest BCUT2D eigenvalue weighted by molar-refractivity contribution is -0.124. The number of hydrogen-bond donors (Lipinski definition) is 3. The van der Waals surface area contributed by atoms with Gasteiger partial charge in [-0.2, -0.15) is 5.10 Å². The molecule has 9 nitrogen and oxygen atoms in total. The maximum Gasteiger partial charge on any atom is 0.258 e. The van der Waals surface area contributed by atoms with Crippen LogP contribution >= 0.6 is 28.1 Å². The third-order valence-electron chi connectivity index (χ3n) is 4.32. The average molecular weight is 535 g/mol. The molecule has 0 aliphatic heterocycles. The van der Waals surface area contributed by atoms with E-state index in [2.05, 4.69) is 41.9 Å². The zero-order valence-corrected chi connectivity index (χ0v) is 21.3. The van der Waals surface area contributed by atoms with E-state index in [0.717, 1.165) is 15.6 Å². The second-order valence-electron chi connectivity index (χ2n) is 8.17. The van der Waals surface area contributed by atoms with Crippen molar-refractivity contribution in [3.8, 4) is 22.9 Å². The van der Waals surface area contributed by atoms with E-state index >= 15 is 0 Å². The topological polar surface area (TPSA) is 106 Å². The quantitative estimate of drug-likeness (QED) is 0.353. The molecule has 0 aliphatic rings. The number of aromatic amines is 1. The van der Waals surface area contributed by atoms with Gasteiger partial charge in [0.05, 0.1) is 13.2 Å². The monoisotopic (exact) mass is 534 g/mol. The molecule has 1 amide bonds. The minimum atomic E-state index is -0.331. The molecule has 1 aromatic carbocycles. The Bertz CT molecular complexity index is 1160. The van der Waals surface area contributed by atoms with Crippen LogP contribution in [0, 0.1) is 4.77 Å². The molecule has 0 saturated carbocycles. The number of rotatable bonds is 9. The van der Waals surface area contributed by atoms with Crippen LogP contribution in [0.4, 0.5) is 0 Å². The molecule has 176 valence electrons. The van der Waals surface area contributed by atoms with Gasteiger partial charge in [-0.25, -0.2) is 9.77 Å². The molecule has 0 spiro atoms. The van der Waals surface area contributed by atoms with Crippen LogP contribution in [0.5, 0.6) is 11.5 Å². The first-order chi connectivity index (χ1) is 15.7. The number of H-pyrrole nitrogens is 1. The van der Waals surface area contributed by atoms with Gasteiger partial charge in [0.2, 0.25) is 4.77 Å². The third kappa shape index (κ3) is 6.78. The van der Waals surface area contributed by atoms with Gasteiger partial charge in [0.25, 0.3) is 5.91 Å². The van der Waals surface area contributed by atoms with Gasteiger partial charge >= 0.3 is 0 Å². The van der Waals surface area contributed by atoms with Crippen molar-refractivity contribution in [3.63, 3.8) is 0 Å². The minimum Gasteiger partial charge on any atom is -0.490 e. The van der Waals surface area contributed by atoms with Gasteiger partial charge in [0, 0.05) is 28.0 Å². The second kappa shape index (κ2) is 10.8. The number of benzene rings is 1. The van der Waals surface area contributed by atoms with Crippen LogP contribution < -0.4 is 20.2 Å². The number of amides is 1. The molecule has 0 aliphatic carbocycles. The summed E-state index contributed by atoms with van der Waals surface area (Å²) < 4.78 is 14.5. The Hall–Kier alpha value is -2.92. The van der Waals surface area contributed by atoms with Crippen LogP contribution in [0.2, 0.25) is 0 Å². The molecule has 0 fully saturated rings. The van der Waals surface area contributed by atoms with Gasteiger partial charge in [0.1, 0.15) is 0 Å². The van der Waals surface area contributed by atoms with Gasteiger partial charge in [-0.05, 0) is 69.7 Å². The summed E-state index contributed by atoms with van der Waals surface area (Å²) in [5.74, 6) is 1.47. The first kappa shape index (κ1) is 24.7. The van der Waals surface area contributed by atoms with E-state index in [1.165, 1.54) is 0 Å². The Kier molecular flexibility index (Phi) is 8.09. The molecule has 2 heterocycles. The van der Waals surface area contributed by atoms with E-state index in [-0.39, 0.29) is 18.1 Å². The predicted molar refractivity (Wildman–Crippen MR) is 132 cm³/mol. The maximum atomic E-state index is 12.1. The molecule has 0 atom stereocenters. The molecule has 3 N–H and O–H groups in total. The standard InChI is InChI=1S/C22H27BrN6O3S/c1-5-31-17-10-15(16(23)11-18(17)32-13-19(30)26-22(2,3)4)12-25-29-20(27-28-21(29)33)14-6-8-24-9-7-14/h6-11,25H,5,12-13H2,1-4H3,(H,26,30)(H,28,33). The predicted octanol–water partition coefficient (Wildman–Crippen LogP) is 4.20. The first-order valence-corrected chi connectivity index (χ1v) is 11.6. The maximum absolute atomic E-state index is 12.1. The number of carbonyl (C=O) groups excluding carboxylic acids is 1. The second-order valence-corrected chi connectivity index (χ2v) is 9.41. The Morgan fingerprint density at radius 1 is 1.21 bits per heavy atom. The smallest absolute Gasteiger partial charge is 0.258 e. The summed E-state index contributed by atoms with van der Waals surface area (Å²) in [5, 5.41) is 9.99. The Morgan fingerprint density at radius 2 is 1.91 bits per heavy atom. The number of pyridine rings is 1. The van der Waals surface area contributed by atoms with Gasteiger partial charge in [0.15, 0.2) is 23.9 Å². The van der Waals surface area contributed by atoms with Gasteiger partial charge in [-0.15, -0.1) is 0 Å². The fourth-order valence-corrected chi connectivity index (χ4v) is 3.65. The van der Waals surface area contributed by atoms with Gasteiger partial charge in [-0.1, -0.05) is 15.9 Å². The van der Waals surface area contributed by atoms with Gasteiger partial charge in [-0.3, -0.25) is 9.78 Å². The highest BCUT2D eigenvalue weighted by Crippen LogP contribution is 2.34. The summed E-state index contributed by atoms with van der Waals surface area (Å²) >= 11 is 8.97. The van der Waals surface area contributed by atoms with Crippen molar-refractivity contribution in [2.24, 2.45) is 0 Å². The number of aromatic nitrogens is 4. The first-order valence-electron chi connectivity index (χ1n) is 10.4. The SMILES string of the molecule is CCOc1cc(CNn2c(-c3ccncc3)n[nH]c2=S)c(Br)cc1OCC(=O)NC(C)(C)C. The van der Waals surface area contributed by atoms with Crippen molar-refractivity contribution in [1.82, 2.24) is 25.2 Å². The molecule has 11 heteroatoms. The lowest BCUT2D eigenvalue weighted by atomic mass is 10.1. The number of hydrogen-bond acceptors (Lipinski definition) is 7. The van der Waals surface area contributed by atoms with Crippen LogP contribution in [0.3, 0.4) is 0 Å². The molecule has 0 bridgehead atoms. The largest absolute Gasteiger partial charge is 0.490 e. The summed E-state index contributed by atoms with van der Waals surface area (Å²) in [6, 6.07) is 7.38. The zero-order valence-electron chi connectivity index (χ0n) is 18.9. The van der Waals surface area contributed by atoms with Crippen molar-refractivity contribution < 1.29 is 14.3 Å². The summed E-state index contributed by atoms with van der Waals surface area (Å²) in [6.07, 6.45) is 3.39. The highest BCUT2D eigenvalue weighted by molar-refractivity contribution is 9.10. The van der Waals surface area contributed by atoms with E-state index in [1.807, 2.05) is 45.9 Å². The normalized spacial score (nSPS) is 11.2. The summed E-state index contributed by atoms with van der Waals surface area (Å²) in [5.41, 5.74) is 4.74. The van der Waals surface area contributed by atoms with Crippen molar-refractivity contribution in [2.75, 3.05) is 18.6 Å². The molecule has 3 aromatic rings. The summed E-state index contributed by atoms with van der Waals surface area (Å²) in [4.78, 5) is 16.2. The number of carbonyl (C=O) groups is 1. The van der Waals surface area contributed by atoms with Crippen molar-refractivity contribution in [1.29, 1.82) is 0 Å². The van der Waals surface area contributed by atoms with E-state index in [0.29, 0.717) is 35.2 Å². The van der Waals surface area contributed by atoms with Crippen LogP contribution in [-0.4, -0.2) is 44.5 Å². The van der Waals surface area contributed by atoms with Crippen molar-refractivity contribution >= 4 is 34.1 Å². The molecule has 33 heavy (non-hydrogen) atoms. The van der Waals surface area contributed by atoms with Crippen molar-refractivity contribution in [2.45, 2.75) is 39.8 Å². The fraction of sp³-hybridized carbons (Fsp3) is 0.364. The van der Waals surface area contributed by atoms with Crippen LogP contribution in [0.1, 0.15) is 33.3 Å². The Labute approximate surface area is 206 Å². The molecular formula is C22H27BrN6O3S. The van der Waals surface area contributed by atoms with E-state index in [1.54, 1.807) is 23.1 Å². The fourth-order valence-electron chi connectivity index (χ4n) is 2.99. The number of nitrogens with one attached hydrogen (secondary N) is 3. The average Bonchev–Trinajstić information content (AvgIpc) is 3.12. The summed E-state index contributed by atoms with van der Waals surface area (Å²) in [6.45, 7) is 8.42. The molecular weight excluding hydrogens is 508 g/mol. The summed E-state index contributed by atoms with van der Waals surface area (Å²) in [7, 11) is 0. The highest BCUT2D eigenvalue weighted by Gasteiger charge is 2.17. The molecule has 0 saturated heterocycles.